The first-order chi connectivity index (χ1) is 15.4. The number of hydrogen-bond donors (Lipinski definition) is 1. The van der Waals surface area contributed by atoms with Gasteiger partial charge < -0.3 is 14.6 Å². The first-order valence-corrected chi connectivity index (χ1v) is 13.3. The monoisotopic (exact) mass is 492 g/mol. The van der Waals surface area contributed by atoms with Gasteiger partial charge >= 0.3 is 5.97 Å². The molecule has 3 aromatic rings. The molecule has 0 unspecified atom stereocenters. The third-order valence-electron chi connectivity index (χ3n) is 4.90. The summed E-state index contributed by atoms with van der Waals surface area (Å²) in [6.45, 7) is 11.1. The SMILES string of the molecule is CCCn1c(SCC(=O)Nc2sc(CC)cc2C(=O)OCC)nnc1-c1csc(C)c1C. The van der Waals surface area contributed by atoms with Gasteiger partial charge in [0.15, 0.2) is 11.0 Å². The molecule has 0 fully saturated rings. The van der Waals surface area contributed by atoms with Gasteiger partial charge in [0.25, 0.3) is 0 Å². The van der Waals surface area contributed by atoms with Crippen molar-refractivity contribution in [3.8, 4) is 11.4 Å². The van der Waals surface area contributed by atoms with Crippen LogP contribution in [0, 0.1) is 13.8 Å². The number of aromatic nitrogens is 3. The first-order valence-electron chi connectivity index (χ1n) is 10.6. The number of amides is 1. The van der Waals surface area contributed by atoms with Crippen LogP contribution in [0.25, 0.3) is 11.4 Å². The standard InChI is InChI=1S/C22H28N4O3S3/c1-6-9-26-19(17-11-30-14(5)13(17)4)24-25-22(26)31-12-18(27)23-20-16(21(28)29-8-3)10-15(7-2)32-20/h10-11H,6-9,12H2,1-5H3,(H,23,27). The van der Waals surface area contributed by atoms with Gasteiger partial charge in [0, 0.05) is 27.2 Å². The highest BCUT2D eigenvalue weighted by Gasteiger charge is 2.21. The number of hydrogen-bond acceptors (Lipinski definition) is 8. The molecular weight excluding hydrogens is 464 g/mol. The van der Waals surface area contributed by atoms with Crippen molar-refractivity contribution in [2.45, 2.75) is 59.2 Å². The summed E-state index contributed by atoms with van der Waals surface area (Å²) in [6.07, 6.45) is 1.72. The maximum Gasteiger partial charge on any atom is 0.341 e. The maximum absolute atomic E-state index is 12.7. The molecule has 0 aliphatic carbocycles. The largest absolute Gasteiger partial charge is 0.462 e. The number of carbonyl (C=O) groups is 2. The molecule has 1 N–H and O–H groups in total. The number of thiophene rings is 2. The van der Waals surface area contributed by atoms with Gasteiger partial charge in [-0.1, -0.05) is 25.6 Å². The molecule has 7 nitrogen and oxygen atoms in total. The summed E-state index contributed by atoms with van der Waals surface area (Å²) in [7, 11) is 0. The van der Waals surface area contributed by atoms with Gasteiger partial charge in [-0.25, -0.2) is 4.79 Å². The zero-order valence-corrected chi connectivity index (χ0v) is 21.4. The number of nitrogens with zero attached hydrogens (tertiary/aromatic N) is 3. The van der Waals surface area contributed by atoms with Crippen LogP contribution in [0.2, 0.25) is 0 Å². The zero-order chi connectivity index (χ0) is 23.3. The highest BCUT2D eigenvalue weighted by molar-refractivity contribution is 7.99. The van der Waals surface area contributed by atoms with Crippen LogP contribution in [0.5, 0.6) is 0 Å². The minimum atomic E-state index is -0.417. The van der Waals surface area contributed by atoms with Crippen molar-refractivity contribution in [1.29, 1.82) is 0 Å². The molecule has 0 radical (unpaired) electrons. The normalized spacial score (nSPS) is 11.0. The van der Waals surface area contributed by atoms with E-state index in [1.165, 1.54) is 33.5 Å². The summed E-state index contributed by atoms with van der Waals surface area (Å²) < 4.78 is 7.21. The van der Waals surface area contributed by atoms with Gasteiger partial charge in [-0.2, -0.15) is 0 Å². The second kappa shape index (κ2) is 11.1. The molecule has 0 bridgehead atoms. The molecule has 3 rings (SSSR count). The number of aryl methyl sites for hydroxylation is 2. The Labute approximate surface area is 200 Å². The predicted octanol–water partition coefficient (Wildman–Crippen LogP) is 5.56. The van der Waals surface area contributed by atoms with Crippen LogP contribution >= 0.6 is 34.4 Å². The minimum Gasteiger partial charge on any atom is -0.462 e. The Balaban J connectivity index is 1.74. The van der Waals surface area contributed by atoms with E-state index in [4.69, 9.17) is 4.74 Å². The molecule has 0 spiro atoms. The number of esters is 1. The van der Waals surface area contributed by atoms with E-state index >= 15 is 0 Å². The lowest BCUT2D eigenvalue weighted by Crippen LogP contribution is -2.16. The number of nitrogens with one attached hydrogen (secondary N) is 1. The van der Waals surface area contributed by atoms with Crippen molar-refractivity contribution in [2.24, 2.45) is 0 Å². The molecule has 0 aliphatic rings. The van der Waals surface area contributed by atoms with Gasteiger partial charge in [0.1, 0.15) is 5.00 Å². The van der Waals surface area contributed by atoms with Crippen molar-refractivity contribution in [2.75, 3.05) is 17.7 Å². The van der Waals surface area contributed by atoms with Crippen LogP contribution in [-0.4, -0.2) is 39.0 Å². The molecule has 32 heavy (non-hydrogen) atoms. The quantitative estimate of drug-likeness (QED) is 0.294. The van der Waals surface area contributed by atoms with E-state index in [9.17, 15) is 9.59 Å². The second-order valence-corrected chi connectivity index (χ2v) is 10.3. The molecule has 3 heterocycles. The lowest BCUT2D eigenvalue weighted by molar-refractivity contribution is -0.113. The van der Waals surface area contributed by atoms with Gasteiger partial charge in [0.2, 0.25) is 5.91 Å². The first kappa shape index (κ1) is 24.5. The lowest BCUT2D eigenvalue weighted by atomic mass is 10.1. The van der Waals surface area contributed by atoms with E-state index in [2.05, 4.69) is 46.2 Å². The average molecular weight is 493 g/mol. The summed E-state index contributed by atoms with van der Waals surface area (Å²) in [5.41, 5.74) is 2.71. The third-order valence-corrected chi connectivity index (χ3v) is 8.08. The van der Waals surface area contributed by atoms with Crippen LogP contribution in [0.15, 0.2) is 16.6 Å². The average Bonchev–Trinajstić information content (AvgIpc) is 3.45. The predicted molar refractivity (Wildman–Crippen MR) is 132 cm³/mol. The molecule has 10 heteroatoms. The molecular formula is C22H28N4O3S3. The number of carbonyl (C=O) groups excluding carboxylic acids is 2. The van der Waals surface area contributed by atoms with Crippen LogP contribution in [0.4, 0.5) is 5.00 Å². The molecule has 0 saturated heterocycles. The molecule has 172 valence electrons. The fourth-order valence-corrected chi connectivity index (χ4v) is 5.74. The van der Waals surface area contributed by atoms with E-state index < -0.39 is 5.97 Å². The molecule has 0 saturated carbocycles. The van der Waals surface area contributed by atoms with Crippen LogP contribution < -0.4 is 5.32 Å². The van der Waals surface area contributed by atoms with E-state index in [-0.39, 0.29) is 18.3 Å². The van der Waals surface area contributed by atoms with Gasteiger partial charge in [-0.3, -0.25) is 4.79 Å². The number of ether oxygens (including phenoxy) is 1. The summed E-state index contributed by atoms with van der Waals surface area (Å²) in [4.78, 5) is 27.2. The van der Waals surface area contributed by atoms with E-state index in [1.54, 1.807) is 24.3 Å². The van der Waals surface area contributed by atoms with Crippen LogP contribution in [-0.2, 0) is 22.5 Å². The minimum absolute atomic E-state index is 0.172. The maximum atomic E-state index is 12.7. The lowest BCUT2D eigenvalue weighted by Gasteiger charge is -2.09. The Morgan fingerprint density at radius 3 is 2.62 bits per heavy atom. The zero-order valence-electron chi connectivity index (χ0n) is 19.0. The van der Waals surface area contributed by atoms with Crippen molar-refractivity contribution in [1.82, 2.24) is 14.8 Å². The summed E-state index contributed by atoms with van der Waals surface area (Å²) in [5.74, 6) is 0.401. The Morgan fingerprint density at radius 1 is 1.22 bits per heavy atom. The molecule has 0 aromatic carbocycles. The fourth-order valence-electron chi connectivity index (χ4n) is 3.12. The summed E-state index contributed by atoms with van der Waals surface area (Å²) >= 11 is 4.46. The summed E-state index contributed by atoms with van der Waals surface area (Å²) in [5, 5.41) is 15.0. The third kappa shape index (κ3) is 5.41. The van der Waals surface area contributed by atoms with Crippen LogP contribution in [0.3, 0.4) is 0 Å². The van der Waals surface area contributed by atoms with Gasteiger partial charge in [-0.05, 0) is 45.2 Å². The topological polar surface area (TPSA) is 86.1 Å². The number of rotatable bonds is 10. The smallest absolute Gasteiger partial charge is 0.341 e. The molecule has 3 aromatic heterocycles. The van der Waals surface area contributed by atoms with Crippen molar-refractivity contribution < 1.29 is 14.3 Å². The highest BCUT2D eigenvalue weighted by atomic mass is 32.2. The number of anilines is 1. The second-order valence-electron chi connectivity index (χ2n) is 7.15. The van der Waals surface area contributed by atoms with E-state index in [0.717, 1.165) is 35.7 Å². The highest BCUT2D eigenvalue weighted by Crippen LogP contribution is 2.32. The van der Waals surface area contributed by atoms with Crippen molar-refractivity contribution in [3.05, 3.63) is 32.3 Å². The molecule has 0 atom stereocenters. The van der Waals surface area contributed by atoms with Crippen molar-refractivity contribution >= 4 is 51.3 Å². The fraction of sp³-hybridized carbons (Fsp3) is 0.455. The van der Waals surface area contributed by atoms with Gasteiger partial charge in [0.05, 0.1) is 17.9 Å². The van der Waals surface area contributed by atoms with E-state index in [1.807, 2.05) is 6.92 Å². The van der Waals surface area contributed by atoms with Crippen molar-refractivity contribution in [3.63, 3.8) is 0 Å². The van der Waals surface area contributed by atoms with Gasteiger partial charge in [-0.15, -0.1) is 32.9 Å². The van der Waals surface area contributed by atoms with E-state index in [0.29, 0.717) is 15.7 Å². The Hall–Kier alpha value is -2.17. The Kier molecular flexibility index (Phi) is 8.50. The number of thioether (sulfide) groups is 1. The summed E-state index contributed by atoms with van der Waals surface area (Å²) in [6, 6.07) is 1.79. The molecule has 1 amide bonds. The molecule has 0 aliphatic heterocycles. The Morgan fingerprint density at radius 2 is 2.00 bits per heavy atom. The Bertz CT molecular complexity index is 1100. The van der Waals surface area contributed by atoms with Crippen LogP contribution in [0.1, 0.15) is 52.9 Å².